The second-order valence-corrected chi connectivity index (χ2v) is 4.59. The zero-order valence-corrected chi connectivity index (χ0v) is 9.94. The zero-order valence-electron chi connectivity index (χ0n) is 9.94. The summed E-state index contributed by atoms with van der Waals surface area (Å²) in [6.45, 7) is 4.10. The maximum Gasteiger partial charge on any atom is 0.320 e. The first kappa shape index (κ1) is 13.0. The normalized spacial score (nSPS) is 27.1. The fraction of sp³-hybridized carbons (Fsp3) is 0.833. The van der Waals surface area contributed by atoms with Gasteiger partial charge in [-0.2, -0.15) is 0 Å². The van der Waals surface area contributed by atoms with Crippen LogP contribution in [-0.4, -0.2) is 23.7 Å². The van der Waals surface area contributed by atoms with Crippen molar-refractivity contribution in [1.82, 2.24) is 0 Å². The molecule has 0 bridgehead atoms. The smallest absolute Gasteiger partial charge is 0.320 e. The monoisotopic (exact) mass is 228 g/mol. The average Bonchev–Trinajstić information content (AvgIpc) is 2.21. The first-order chi connectivity index (χ1) is 7.56. The first-order valence-corrected chi connectivity index (χ1v) is 5.95. The Morgan fingerprint density at radius 2 is 1.88 bits per heavy atom. The highest BCUT2D eigenvalue weighted by Crippen LogP contribution is 2.33. The molecule has 0 aromatic rings. The summed E-state index contributed by atoms with van der Waals surface area (Å²) in [5, 5.41) is 9.09. The van der Waals surface area contributed by atoms with Crippen LogP contribution in [0.15, 0.2) is 0 Å². The molecule has 1 aliphatic carbocycles. The third-order valence-electron chi connectivity index (χ3n) is 3.34. The average molecular weight is 228 g/mol. The Morgan fingerprint density at radius 1 is 1.31 bits per heavy atom. The van der Waals surface area contributed by atoms with Crippen LogP contribution >= 0.6 is 0 Å². The molecule has 0 aromatic carbocycles. The summed E-state index contributed by atoms with van der Waals surface area (Å²) < 4.78 is 4.83. The van der Waals surface area contributed by atoms with Gasteiger partial charge in [0.1, 0.15) is 0 Å². The van der Waals surface area contributed by atoms with E-state index in [0.29, 0.717) is 5.92 Å². The second-order valence-electron chi connectivity index (χ2n) is 4.59. The summed E-state index contributed by atoms with van der Waals surface area (Å²) >= 11 is 0. The lowest BCUT2D eigenvalue weighted by Gasteiger charge is -2.29. The maximum atomic E-state index is 11.6. The van der Waals surface area contributed by atoms with Crippen LogP contribution in [0.4, 0.5) is 0 Å². The predicted molar refractivity (Wildman–Crippen MR) is 58.9 cm³/mol. The SMILES string of the molecule is CCOC(=O)C(C(=O)O)C1CCC(C)CC1. The highest BCUT2D eigenvalue weighted by atomic mass is 16.5. The summed E-state index contributed by atoms with van der Waals surface area (Å²) in [5.74, 6) is -1.99. The minimum atomic E-state index is -1.04. The summed E-state index contributed by atoms with van der Waals surface area (Å²) in [4.78, 5) is 22.7. The first-order valence-electron chi connectivity index (χ1n) is 5.95. The van der Waals surface area contributed by atoms with Crippen molar-refractivity contribution in [2.24, 2.45) is 17.8 Å². The maximum absolute atomic E-state index is 11.6. The summed E-state index contributed by atoms with van der Waals surface area (Å²) in [6, 6.07) is 0. The Hall–Kier alpha value is -1.06. The lowest BCUT2D eigenvalue weighted by molar-refractivity contribution is -0.161. The molecule has 0 saturated heterocycles. The number of carbonyl (C=O) groups is 2. The molecule has 0 aromatic heterocycles. The van der Waals surface area contributed by atoms with E-state index in [-0.39, 0.29) is 12.5 Å². The van der Waals surface area contributed by atoms with Crippen LogP contribution in [0.2, 0.25) is 0 Å². The number of carboxylic acid groups (broad SMARTS) is 1. The van der Waals surface area contributed by atoms with Crippen LogP contribution in [0.3, 0.4) is 0 Å². The van der Waals surface area contributed by atoms with Gasteiger partial charge in [-0.1, -0.05) is 19.8 Å². The third kappa shape index (κ3) is 3.22. The summed E-state index contributed by atoms with van der Waals surface area (Å²) in [7, 11) is 0. The standard InChI is InChI=1S/C12H20O4/c1-3-16-12(15)10(11(13)14)9-6-4-8(2)5-7-9/h8-10H,3-7H2,1-2H3,(H,13,14). The van der Waals surface area contributed by atoms with Crippen LogP contribution in [0.1, 0.15) is 39.5 Å². The van der Waals surface area contributed by atoms with Crippen molar-refractivity contribution < 1.29 is 19.4 Å². The van der Waals surface area contributed by atoms with E-state index in [4.69, 9.17) is 9.84 Å². The van der Waals surface area contributed by atoms with Crippen LogP contribution in [0, 0.1) is 17.8 Å². The van der Waals surface area contributed by atoms with Crippen molar-refractivity contribution in [2.45, 2.75) is 39.5 Å². The van der Waals surface area contributed by atoms with E-state index in [1.54, 1.807) is 6.92 Å². The van der Waals surface area contributed by atoms with Gasteiger partial charge >= 0.3 is 11.9 Å². The molecular formula is C12H20O4. The zero-order chi connectivity index (χ0) is 12.1. The van der Waals surface area contributed by atoms with E-state index in [2.05, 4.69) is 6.92 Å². The van der Waals surface area contributed by atoms with E-state index in [1.165, 1.54) is 0 Å². The third-order valence-corrected chi connectivity index (χ3v) is 3.34. The molecule has 92 valence electrons. The van der Waals surface area contributed by atoms with Crippen LogP contribution in [0.5, 0.6) is 0 Å². The molecule has 1 saturated carbocycles. The number of aliphatic carboxylic acids is 1. The van der Waals surface area contributed by atoms with E-state index >= 15 is 0 Å². The Bertz CT molecular complexity index is 254. The van der Waals surface area contributed by atoms with Crippen LogP contribution in [-0.2, 0) is 14.3 Å². The molecule has 1 aliphatic rings. The highest BCUT2D eigenvalue weighted by Gasteiger charge is 2.37. The molecular weight excluding hydrogens is 208 g/mol. The molecule has 0 aliphatic heterocycles. The van der Waals surface area contributed by atoms with Gasteiger partial charge in [0.15, 0.2) is 5.92 Å². The lowest BCUT2D eigenvalue weighted by atomic mass is 9.76. The van der Waals surface area contributed by atoms with Crippen LogP contribution < -0.4 is 0 Å². The van der Waals surface area contributed by atoms with Gasteiger partial charge in [0.25, 0.3) is 0 Å². The van der Waals surface area contributed by atoms with Crippen molar-refractivity contribution in [2.75, 3.05) is 6.61 Å². The predicted octanol–water partition coefficient (Wildman–Crippen LogP) is 2.08. The topological polar surface area (TPSA) is 63.6 Å². The molecule has 1 rings (SSSR count). The van der Waals surface area contributed by atoms with Gasteiger partial charge in [0, 0.05) is 0 Å². The van der Waals surface area contributed by atoms with E-state index in [1.807, 2.05) is 0 Å². The van der Waals surface area contributed by atoms with Gasteiger partial charge < -0.3 is 9.84 Å². The molecule has 1 fully saturated rings. The molecule has 0 spiro atoms. The fourth-order valence-electron chi connectivity index (χ4n) is 2.35. The number of ether oxygens (including phenoxy) is 1. The fourth-order valence-corrected chi connectivity index (χ4v) is 2.35. The number of rotatable bonds is 4. The van der Waals surface area contributed by atoms with Crippen molar-refractivity contribution in [3.8, 4) is 0 Å². The van der Waals surface area contributed by atoms with Crippen molar-refractivity contribution in [1.29, 1.82) is 0 Å². The molecule has 16 heavy (non-hydrogen) atoms. The summed E-state index contributed by atoms with van der Waals surface area (Å²) in [6.07, 6.45) is 3.65. The van der Waals surface area contributed by atoms with E-state index in [0.717, 1.165) is 25.7 Å². The van der Waals surface area contributed by atoms with Crippen molar-refractivity contribution >= 4 is 11.9 Å². The van der Waals surface area contributed by atoms with Crippen molar-refractivity contribution in [3.63, 3.8) is 0 Å². The number of hydrogen-bond donors (Lipinski definition) is 1. The molecule has 1 N–H and O–H groups in total. The minimum Gasteiger partial charge on any atom is -0.481 e. The Balaban J connectivity index is 2.63. The largest absolute Gasteiger partial charge is 0.481 e. The molecule has 4 heteroatoms. The molecule has 1 atom stereocenters. The second kappa shape index (κ2) is 5.87. The number of esters is 1. The number of carbonyl (C=O) groups excluding carboxylic acids is 1. The molecule has 4 nitrogen and oxygen atoms in total. The molecule has 0 heterocycles. The highest BCUT2D eigenvalue weighted by molar-refractivity contribution is 5.94. The van der Waals surface area contributed by atoms with Gasteiger partial charge in [-0.05, 0) is 31.6 Å². The van der Waals surface area contributed by atoms with E-state index in [9.17, 15) is 9.59 Å². The van der Waals surface area contributed by atoms with Gasteiger partial charge in [0.05, 0.1) is 6.61 Å². The summed E-state index contributed by atoms with van der Waals surface area (Å²) in [5.41, 5.74) is 0. The molecule has 1 unspecified atom stereocenters. The van der Waals surface area contributed by atoms with Gasteiger partial charge in [-0.15, -0.1) is 0 Å². The number of carboxylic acids is 1. The van der Waals surface area contributed by atoms with Gasteiger partial charge in [-0.25, -0.2) is 0 Å². The van der Waals surface area contributed by atoms with Crippen LogP contribution in [0.25, 0.3) is 0 Å². The Morgan fingerprint density at radius 3 is 2.31 bits per heavy atom. The number of hydrogen-bond acceptors (Lipinski definition) is 3. The Labute approximate surface area is 96.0 Å². The van der Waals surface area contributed by atoms with E-state index < -0.39 is 17.9 Å². The van der Waals surface area contributed by atoms with Gasteiger partial charge in [0.2, 0.25) is 0 Å². The quantitative estimate of drug-likeness (QED) is 0.591. The van der Waals surface area contributed by atoms with Crippen molar-refractivity contribution in [3.05, 3.63) is 0 Å². The van der Waals surface area contributed by atoms with Gasteiger partial charge in [-0.3, -0.25) is 9.59 Å². The molecule has 0 radical (unpaired) electrons. The lowest BCUT2D eigenvalue weighted by Crippen LogP contribution is -2.34. The molecule has 0 amide bonds. The Kier molecular flexibility index (Phi) is 4.77. The minimum absolute atomic E-state index is 0.0484.